The minimum Gasteiger partial charge on any atom is -0.364 e. The molecule has 0 unspecified atom stereocenters. The molecule has 0 bridgehead atoms. The van der Waals surface area contributed by atoms with Gasteiger partial charge in [0.15, 0.2) is 0 Å². The van der Waals surface area contributed by atoms with Crippen LogP contribution in [0.3, 0.4) is 0 Å². The highest BCUT2D eigenvalue weighted by Gasteiger charge is 2.13. The fraction of sp³-hybridized carbons (Fsp3) is 0.0714. The van der Waals surface area contributed by atoms with Gasteiger partial charge in [-0.15, -0.1) is 22.7 Å². The van der Waals surface area contributed by atoms with Crippen LogP contribution >= 0.6 is 22.7 Å². The summed E-state index contributed by atoms with van der Waals surface area (Å²) in [6, 6.07) is 3.99. The van der Waals surface area contributed by atoms with Crippen LogP contribution in [-0.2, 0) is 6.42 Å². The number of thiophene rings is 2. The third-order valence-electron chi connectivity index (χ3n) is 3.13. The number of rotatable bonds is 3. The zero-order chi connectivity index (χ0) is 14.2. The standard InChI is InChI=1S/C14H9N3O2S2/c18-13-12-9(10-2-1-3-20-10)7-21-14(12)17-11(16-13)4-8-5-15-19-6-8/h1-3,5-7H,4H2,(H,16,17,18). The molecule has 0 aliphatic carbocycles. The van der Waals surface area contributed by atoms with E-state index in [1.54, 1.807) is 23.8 Å². The highest BCUT2D eigenvalue weighted by molar-refractivity contribution is 7.18. The van der Waals surface area contributed by atoms with Gasteiger partial charge in [-0.1, -0.05) is 11.2 Å². The number of nitrogens with zero attached hydrogens (tertiary/aromatic N) is 2. The molecule has 0 saturated carbocycles. The Kier molecular flexibility index (Phi) is 2.94. The SMILES string of the molecule is O=c1[nH]c(Cc2cnoc2)nc2scc(-c3cccs3)c12. The summed E-state index contributed by atoms with van der Waals surface area (Å²) in [7, 11) is 0. The third kappa shape index (κ3) is 2.20. The number of aromatic amines is 1. The Hall–Kier alpha value is -2.25. The number of fused-ring (bicyclic) bond motifs is 1. The van der Waals surface area contributed by atoms with Crippen LogP contribution in [0.2, 0.25) is 0 Å². The number of aromatic nitrogens is 3. The Morgan fingerprint density at radius 1 is 1.33 bits per heavy atom. The average Bonchev–Trinajstić information content (AvgIpc) is 3.19. The third-order valence-corrected chi connectivity index (χ3v) is 4.91. The van der Waals surface area contributed by atoms with E-state index in [2.05, 4.69) is 15.1 Å². The Morgan fingerprint density at radius 2 is 2.29 bits per heavy atom. The summed E-state index contributed by atoms with van der Waals surface area (Å²) < 4.78 is 4.79. The van der Waals surface area contributed by atoms with Crippen LogP contribution in [0.5, 0.6) is 0 Å². The van der Waals surface area contributed by atoms with Crippen molar-refractivity contribution >= 4 is 32.9 Å². The first-order valence-electron chi connectivity index (χ1n) is 6.24. The van der Waals surface area contributed by atoms with Crippen LogP contribution in [0, 0.1) is 0 Å². The van der Waals surface area contributed by atoms with Crippen LogP contribution < -0.4 is 5.56 Å². The smallest absolute Gasteiger partial charge is 0.260 e. The molecule has 0 radical (unpaired) electrons. The highest BCUT2D eigenvalue weighted by atomic mass is 32.1. The predicted octanol–water partition coefficient (Wildman–Crippen LogP) is 3.29. The summed E-state index contributed by atoms with van der Waals surface area (Å²) in [6.07, 6.45) is 3.67. The van der Waals surface area contributed by atoms with Gasteiger partial charge in [0.05, 0.1) is 11.6 Å². The molecule has 7 heteroatoms. The predicted molar refractivity (Wildman–Crippen MR) is 82.9 cm³/mol. The summed E-state index contributed by atoms with van der Waals surface area (Å²) >= 11 is 3.11. The second-order valence-electron chi connectivity index (χ2n) is 4.53. The molecule has 104 valence electrons. The summed E-state index contributed by atoms with van der Waals surface area (Å²) in [4.78, 5) is 21.6. The summed E-state index contributed by atoms with van der Waals surface area (Å²) in [5, 5.41) is 8.30. The summed E-state index contributed by atoms with van der Waals surface area (Å²) in [5.74, 6) is 0.621. The zero-order valence-electron chi connectivity index (χ0n) is 10.7. The lowest BCUT2D eigenvalue weighted by Crippen LogP contribution is -2.11. The molecule has 0 aromatic carbocycles. The molecular weight excluding hydrogens is 306 g/mol. The summed E-state index contributed by atoms with van der Waals surface area (Å²) in [6.45, 7) is 0. The van der Waals surface area contributed by atoms with E-state index in [1.165, 1.54) is 11.3 Å². The molecule has 4 heterocycles. The molecule has 4 rings (SSSR count). The van der Waals surface area contributed by atoms with Gasteiger partial charge in [0.25, 0.3) is 5.56 Å². The average molecular weight is 315 g/mol. The molecule has 0 saturated heterocycles. The lowest BCUT2D eigenvalue weighted by molar-refractivity contribution is 0.419. The maximum absolute atomic E-state index is 12.4. The van der Waals surface area contributed by atoms with Crippen molar-refractivity contribution in [2.24, 2.45) is 0 Å². The van der Waals surface area contributed by atoms with Gasteiger partial charge >= 0.3 is 0 Å². The van der Waals surface area contributed by atoms with E-state index >= 15 is 0 Å². The van der Waals surface area contributed by atoms with E-state index < -0.39 is 0 Å². The molecule has 0 fully saturated rings. The molecular formula is C14H9N3O2S2. The monoisotopic (exact) mass is 315 g/mol. The van der Waals surface area contributed by atoms with E-state index in [-0.39, 0.29) is 5.56 Å². The van der Waals surface area contributed by atoms with Gasteiger partial charge in [-0.2, -0.15) is 0 Å². The van der Waals surface area contributed by atoms with Crippen LogP contribution in [-0.4, -0.2) is 15.1 Å². The van der Waals surface area contributed by atoms with E-state index in [0.717, 1.165) is 20.8 Å². The minimum absolute atomic E-state index is 0.101. The summed E-state index contributed by atoms with van der Waals surface area (Å²) in [5.41, 5.74) is 1.74. The number of H-pyrrole nitrogens is 1. The van der Waals surface area contributed by atoms with Crippen molar-refractivity contribution in [1.82, 2.24) is 15.1 Å². The Morgan fingerprint density at radius 3 is 3.05 bits per heavy atom. The van der Waals surface area contributed by atoms with Gasteiger partial charge in [0, 0.05) is 27.8 Å². The molecule has 4 aromatic rings. The maximum atomic E-state index is 12.4. The first-order valence-corrected chi connectivity index (χ1v) is 8.00. The number of hydrogen-bond donors (Lipinski definition) is 1. The van der Waals surface area contributed by atoms with Crippen molar-refractivity contribution < 1.29 is 4.52 Å². The second kappa shape index (κ2) is 4.94. The molecule has 0 atom stereocenters. The first kappa shape index (κ1) is 12.5. The molecule has 0 amide bonds. The van der Waals surface area contributed by atoms with Crippen molar-refractivity contribution in [2.75, 3.05) is 0 Å². The van der Waals surface area contributed by atoms with Crippen molar-refractivity contribution in [2.45, 2.75) is 6.42 Å². The fourth-order valence-electron chi connectivity index (χ4n) is 2.20. The van der Waals surface area contributed by atoms with Crippen molar-refractivity contribution in [1.29, 1.82) is 0 Å². The molecule has 0 aliphatic rings. The lowest BCUT2D eigenvalue weighted by Gasteiger charge is -1.99. The Balaban J connectivity index is 1.83. The van der Waals surface area contributed by atoms with Gasteiger partial charge in [0.1, 0.15) is 16.9 Å². The van der Waals surface area contributed by atoms with Crippen LogP contribution in [0.15, 0.2) is 44.7 Å². The molecule has 5 nitrogen and oxygen atoms in total. The van der Waals surface area contributed by atoms with Crippen LogP contribution in [0.25, 0.3) is 20.7 Å². The van der Waals surface area contributed by atoms with Gasteiger partial charge in [0.2, 0.25) is 0 Å². The van der Waals surface area contributed by atoms with E-state index in [0.29, 0.717) is 17.6 Å². The van der Waals surface area contributed by atoms with Crippen LogP contribution in [0.1, 0.15) is 11.4 Å². The molecule has 1 N–H and O–H groups in total. The largest absolute Gasteiger partial charge is 0.364 e. The van der Waals surface area contributed by atoms with Gasteiger partial charge in [-0.3, -0.25) is 4.79 Å². The number of hydrogen-bond acceptors (Lipinski definition) is 6. The first-order chi connectivity index (χ1) is 10.3. The van der Waals surface area contributed by atoms with Gasteiger partial charge in [-0.05, 0) is 11.4 Å². The number of nitrogens with one attached hydrogen (secondary N) is 1. The van der Waals surface area contributed by atoms with E-state index in [4.69, 9.17) is 4.52 Å². The van der Waals surface area contributed by atoms with Crippen molar-refractivity contribution in [3.05, 3.63) is 57.1 Å². The highest BCUT2D eigenvalue weighted by Crippen LogP contribution is 2.33. The normalized spacial score (nSPS) is 11.2. The van der Waals surface area contributed by atoms with Crippen LogP contribution in [0.4, 0.5) is 0 Å². The Bertz CT molecular complexity index is 937. The quantitative estimate of drug-likeness (QED) is 0.629. The molecule has 21 heavy (non-hydrogen) atoms. The molecule has 4 aromatic heterocycles. The zero-order valence-corrected chi connectivity index (χ0v) is 12.3. The minimum atomic E-state index is -0.101. The van der Waals surface area contributed by atoms with E-state index in [1.807, 2.05) is 22.9 Å². The van der Waals surface area contributed by atoms with Crippen molar-refractivity contribution in [3.8, 4) is 10.4 Å². The van der Waals surface area contributed by atoms with E-state index in [9.17, 15) is 4.79 Å². The van der Waals surface area contributed by atoms with Gasteiger partial charge < -0.3 is 9.51 Å². The second-order valence-corrected chi connectivity index (χ2v) is 6.33. The molecule has 0 aliphatic heterocycles. The molecule has 0 spiro atoms. The fourth-order valence-corrected chi connectivity index (χ4v) is 3.98. The lowest BCUT2D eigenvalue weighted by atomic mass is 10.2. The Labute approximate surface area is 126 Å². The topological polar surface area (TPSA) is 71.8 Å². The van der Waals surface area contributed by atoms with Gasteiger partial charge in [-0.25, -0.2) is 4.98 Å². The van der Waals surface area contributed by atoms with Crippen molar-refractivity contribution in [3.63, 3.8) is 0 Å². The maximum Gasteiger partial charge on any atom is 0.260 e.